The lowest BCUT2D eigenvalue weighted by Crippen LogP contribution is -2.32. The fourth-order valence-corrected chi connectivity index (χ4v) is 2.59. The quantitative estimate of drug-likeness (QED) is 0.892. The van der Waals surface area contributed by atoms with Crippen molar-refractivity contribution in [3.63, 3.8) is 0 Å². The maximum atomic E-state index is 12.8. The molecule has 0 saturated carbocycles. The van der Waals surface area contributed by atoms with Crippen LogP contribution in [0.2, 0.25) is 0 Å². The van der Waals surface area contributed by atoms with Gasteiger partial charge in [0.2, 0.25) is 0 Å². The molecule has 1 saturated heterocycles. The molecule has 2 heterocycles. The molecule has 1 aromatic rings. The normalized spacial score (nSPS) is 24.1. The monoisotopic (exact) mass is 251 g/mol. The molecule has 3 nitrogen and oxygen atoms in total. The number of aromatic nitrogens is 1. The van der Waals surface area contributed by atoms with Crippen molar-refractivity contribution in [3.05, 3.63) is 29.8 Å². The van der Waals surface area contributed by atoms with Gasteiger partial charge < -0.3 is 10.6 Å². The molecule has 0 aromatic carbocycles. The van der Waals surface area contributed by atoms with Crippen molar-refractivity contribution in [1.29, 1.82) is 0 Å². The van der Waals surface area contributed by atoms with Crippen LogP contribution >= 0.6 is 0 Å². The standard InChI is InChI=1S/C14H22FN3/c1-10-5-6-18(8-10)9-11(2)14(16)13-4-3-12(15)7-17-13/h3-4,7,10-11,14H,5-6,8-9,16H2,1-2H3. The van der Waals surface area contributed by atoms with E-state index in [4.69, 9.17) is 5.73 Å². The predicted octanol–water partition coefficient (Wildman–Crippen LogP) is 2.20. The molecule has 3 unspecified atom stereocenters. The molecular weight excluding hydrogens is 229 g/mol. The molecule has 1 aliphatic heterocycles. The van der Waals surface area contributed by atoms with Crippen LogP contribution in [0.25, 0.3) is 0 Å². The summed E-state index contributed by atoms with van der Waals surface area (Å²) in [6.45, 7) is 7.73. The highest BCUT2D eigenvalue weighted by molar-refractivity contribution is 5.10. The zero-order valence-corrected chi connectivity index (χ0v) is 11.1. The molecule has 0 spiro atoms. The molecule has 0 amide bonds. The Morgan fingerprint density at radius 2 is 2.33 bits per heavy atom. The van der Waals surface area contributed by atoms with Gasteiger partial charge in [-0.1, -0.05) is 13.8 Å². The second-order valence-corrected chi connectivity index (χ2v) is 5.56. The maximum Gasteiger partial charge on any atom is 0.141 e. The summed E-state index contributed by atoms with van der Waals surface area (Å²) in [5.74, 6) is 0.803. The average Bonchev–Trinajstić information content (AvgIpc) is 2.75. The summed E-state index contributed by atoms with van der Waals surface area (Å²) in [6.07, 6.45) is 2.51. The van der Waals surface area contributed by atoms with E-state index in [2.05, 4.69) is 23.7 Å². The van der Waals surface area contributed by atoms with Crippen molar-refractivity contribution >= 4 is 0 Å². The fourth-order valence-electron chi connectivity index (χ4n) is 2.59. The van der Waals surface area contributed by atoms with Gasteiger partial charge >= 0.3 is 0 Å². The number of hydrogen-bond donors (Lipinski definition) is 1. The largest absolute Gasteiger partial charge is 0.322 e. The van der Waals surface area contributed by atoms with Crippen LogP contribution in [0.5, 0.6) is 0 Å². The van der Waals surface area contributed by atoms with Gasteiger partial charge in [0.15, 0.2) is 0 Å². The van der Waals surface area contributed by atoms with Crippen LogP contribution in [-0.2, 0) is 0 Å². The highest BCUT2D eigenvalue weighted by Gasteiger charge is 2.23. The average molecular weight is 251 g/mol. The van der Waals surface area contributed by atoms with E-state index in [1.165, 1.54) is 18.7 Å². The zero-order chi connectivity index (χ0) is 13.1. The Labute approximate surface area is 108 Å². The number of rotatable bonds is 4. The van der Waals surface area contributed by atoms with Gasteiger partial charge in [0, 0.05) is 13.1 Å². The smallest absolute Gasteiger partial charge is 0.141 e. The number of likely N-dealkylation sites (tertiary alicyclic amines) is 1. The van der Waals surface area contributed by atoms with Crippen molar-refractivity contribution in [1.82, 2.24) is 9.88 Å². The molecule has 2 rings (SSSR count). The van der Waals surface area contributed by atoms with Crippen LogP contribution < -0.4 is 5.73 Å². The van der Waals surface area contributed by atoms with E-state index in [0.717, 1.165) is 31.2 Å². The Morgan fingerprint density at radius 3 is 2.89 bits per heavy atom. The molecular formula is C14H22FN3. The van der Waals surface area contributed by atoms with Crippen LogP contribution in [0.3, 0.4) is 0 Å². The minimum Gasteiger partial charge on any atom is -0.322 e. The lowest BCUT2D eigenvalue weighted by atomic mass is 9.98. The zero-order valence-electron chi connectivity index (χ0n) is 11.1. The highest BCUT2D eigenvalue weighted by Crippen LogP contribution is 2.22. The minimum atomic E-state index is -0.313. The van der Waals surface area contributed by atoms with Crippen molar-refractivity contribution in [2.45, 2.75) is 26.3 Å². The van der Waals surface area contributed by atoms with Crippen molar-refractivity contribution in [2.24, 2.45) is 17.6 Å². The molecule has 1 fully saturated rings. The summed E-state index contributed by atoms with van der Waals surface area (Å²) >= 11 is 0. The molecule has 0 bridgehead atoms. The van der Waals surface area contributed by atoms with Crippen molar-refractivity contribution < 1.29 is 4.39 Å². The third kappa shape index (κ3) is 3.27. The summed E-state index contributed by atoms with van der Waals surface area (Å²) in [5.41, 5.74) is 6.96. The Morgan fingerprint density at radius 1 is 1.56 bits per heavy atom. The van der Waals surface area contributed by atoms with Crippen LogP contribution in [0.4, 0.5) is 4.39 Å². The third-order valence-electron chi connectivity index (χ3n) is 3.76. The van der Waals surface area contributed by atoms with E-state index in [1.807, 2.05) is 0 Å². The molecule has 1 aliphatic rings. The van der Waals surface area contributed by atoms with Gasteiger partial charge in [0.1, 0.15) is 5.82 Å². The highest BCUT2D eigenvalue weighted by atomic mass is 19.1. The second-order valence-electron chi connectivity index (χ2n) is 5.56. The number of nitrogens with two attached hydrogens (primary N) is 1. The topological polar surface area (TPSA) is 42.1 Å². The predicted molar refractivity (Wildman–Crippen MR) is 70.5 cm³/mol. The first kappa shape index (κ1) is 13.4. The van der Waals surface area contributed by atoms with E-state index in [9.17, 15) is 4.39 Å². The van der Waals surface area contributed by atoms with Gasteiger partial charge in [-0.05, 0) is 36.9 Å². The molecule has 18 heavy (non-hydrogen) atoms. The Bertz CT molecular complexity index is 379. The lowest BCUT2D eigenvalue weighted by molar-refractivity contribution is 0.258. The van der Waals surface area contributed by atoms with Crippen molar-refractivity contribution in [2.75, 3.05) is 19.6 Å². The second kappa shape index (κ2) is 5.76. The molecule has 0 radical (unpaired) electrons. The van der Waals surface area contributed by atoms with Gasteiger partial charge in [-0.3, -0.25) is 4.98 Å². The van der Waals surface area contributed by atoms with Crippen LogP contribution in [0.1, 0.15) is 32.0 Å². The van der Waals surface area contributed by atoms with Gasteiger partial charge in [0.25, 0.3) is 0 Å². The molecule has 0 aliphatic carbocycles. The Hall–Kier alpha value is -1.00. The van der Waals surface area contributed by atoms with Gasteiger partial charge in [-0.25, -0.2) is 4.39 Å². The first-order chi connectivity index (χ1) is 8.56. The number of pyridine rings is 1. The van der Waals surface area contributed by atoms with Crippen LogP contribution in [0.15, 0.2) is 18.3 Å². The molecule has 3 atom stereocenters. The van der Waals surface area contributed by atoms with Crippen LogP contribution in [0, 0.1) is 17.7 Å². The van der Waals surface area contributed by atoms with E-state index in [-0.39, 0.29) is 11.9 Å². The Kier molecular flexibility index (Phi) is 4.30. The lowest BCUT2D eigenvalue weighted by Gasteiger charge is -2.25. The number of hydrogen-bond acceptors (Lipinski definition) is 3. The fraction of sp³-hybridized carbons (Fsp3) is 0.643. The number of halogens is 1. The maximum absolute atomic E-state index is 12.8. The van der Waals surface area contributed by atoms with Gasteiger partial charge in [0.05, 0.1) is 17.9 Å². The number of nitrogens with zero attached hydrogens (tertiary/aromatic N) is 2. The van der Waals surface area contributed by atoms with Crippen molar-refractivity contribution in [3.8, 4) is 0 Å². The third-order valence-corrected chi connectivity index (χ3v) is 3.76. The molecule has 1 aromatic heterocycles. The summed E-state index contributed by atoms with van der Waals surface area (Å²) in [5, 5.41) is 0. The van der Waals surface area contributed by atoms with Gasteiger partial charge in [-0.2, -0.15) is 0 Å². The van der Waals surface area contributed by atoms with Gasteiger partial charge in [-0.15, -0.1) is 0 Å². The SMILES string of the molecule is CC1CCN(CC(C)C(N)c2ccc(F)cn2)C1. The van der Waals surface area contributed by atoms with E-state index in [0.29, 0.717) is 5.92 Å². The van der Waals surface area contributed by atoms with E-state index < -0.39 is 0 Å². The molecule has 100 valence electrons. The Balaban J connectivity index is 1.92. The summed E-state index contributed by atoms with van der Waals surface area (Å²) in [6, 6.07) is 2.98. The first-order valence-corrected chi connectivity index (χ1v) is 6.65. The first-order valence-electron chi connectivity index (χ1n) is 6.65. The molecule has 4 heteroatoms. The van der Waals surface area contributed by atoms with Crippen LogP contribution in [-0.4, -0.2) is 29.5 Å². The summed E-state index contributed by atoms with van der Waals surface area (Å²) < 4.78 is 12.8. The minimum absolute atomic E-state index is 0.124. The summed E-state index contributed by atoms with van der Waals surface area (Å²) in [4.78, 5) is 6.53. The van der Waals surface area contributed by atoms with E-state index in [1.54, 1.807) is 6.07 Å². The summed E-state index contributed by atoms with van der Waals surface area (Å²) in [7, 11) is 0. The van der Waals surface area contributed by atoms with E-state index >= 15 is 0 Å². The molecule has 2 N–H and O–H groups in total.